The Kier molecular flexibility index (Phi) is 5.59. The molecule has 1 rings (SSSR count). The Hall–Kier alpha value is -1.10. The molecular formula is C13H24N2O3. The molecule has 0 bridgehead atoms. The summed E-state index contributed by atoms with van der Waals surface area (Å²) in [4.78, 5) is 24.6. The van der Waals surface area contributed by atoms with Gasteiger partial charge in [0.05, 0.1) is 13.7 Å². The molecule has 0 saturated carbocycles. The number of amides is 1. The number of piperidine rings is 1. The maximum absolute atomic E-state index is 11.3. The lowest BCUT2D eigenvalue weighted by molar-refractivity contribution is -0.142. The molecule has 0 aliphatic carbocycles. The van der Waals surface area contributed by atoms with Gasteiger partial charge in [-0.3, -0.25) is 14.5 Å². The summed E-state index contributed by atoms with van der Waals surface area (Å²) in [5.41, 5.74) is 0. The van der Waals surface area contributed by atoms with Gasteiger partial charge in [0.15, 0.2) is 0 Å². The number of rotatable bonds is 4. The lowest BCUT2D eigenvalue weighted by Crippen LogP contribution is -2.52. The average Bonchev–Trinajstić information content (AvgIpc) is 2.27. The van der Waals surface area contributed by atoms with E-state index in [1.165, 1.54) is 14.0 Å². The Labute approximate surface area is 109 Å². The number of nitrogens with one attached hydrogen (secondary N) is 1. The van der Waals surface area contributed by atoms with Crippen molar-refractivity contribution in [3.63, 3.8) is 0 Å². The Morgan fingerprint density at radius 1 is 1.39 bits per heavy atom. The van der Waals surface area contributed by atoms with Gasteiger partial charge in [-0.2, -0.15) is 0 Å². The number of carbonyl (C=O) groups is 2. The highest BCUT2D eigenvalue weighted by atomic mass is 16.5. The number of likely N-dealkylation sites (tertiary alicyclic amines) is 1. The predicted octanol–water partition coefficient (Wildman–Crippen LogP) is 0.642. The Morgan fingerprint density at radius 2 is 2.06 bits per heavy atom. The van der Waals surface area contributed by atoms with Crippen LogP contribution in [0.4, 0.5) is 0 Å². The molecule has 0 aromatic carbocycles. The van der Waals surface area contributed by atoms with Gasteiger partial charge in [-0.15, -0.1) is 0 Å². The molecule has 1 aliphatic rings. The van der Waals surface area contributed by atoms with E-state index in [4.69, 9.17) is 4.74 Å². The molecule has 1 saturated heterocycles. The highest BCUT2D eigenvalue weighted by Crippen LogP contribution is 2.23. The number of carbonyl (C=O) groups excluding carboxylic acids is 2. The fraction of sp³-hybridized carbons (Fsp3) is 0.846. The molecule has 18 heavy (non-hydrogen) atoms. The fourth-order valence-electron chi connectivity index (χ4n) is 2.48. The van der Waals surface area contributed by atoms with E-state index >= 15 is 0 Å². The zero-order chi connectivity index (χ0) is 13.7. The smallest absolute Gasteiger partial charge is 0.319 e. The second-order valence-corrected chi connectivity index (χ2v) is 5.41. The van der Waals surface area contributed by atoms with Crippen LogP contribution in [0.3, 0.4) is 0 Å². The topological polar surface area (TPSA) is 58.6 Å². The van der Waals surface area contributed by atoms with Gasteiger partial charge in [-0.25, -0.2) is 0 Å². The lowest BCUT2D eigenvalue weighted by atomic mass is 9.85. The fourth-order valence-corrected chi connectivity index (χ4v) is 2.48. The molecule has 0 radical (unpaired) electrons. The molecule has 2 unspecified atom stereocenters. The monoisotopic (exact) mass is 256 g/mol. The summed E-state index contributed by atoms with van der Waals surface area (Å²) in [6, 6.07) is 0.133. The zero-order valence-electron chi connectivity index (χ0n) is 11.7. The van der Waals surface area contributed by atoms with Crippen LogP contribution >= 0.6 is 0 Å². The van der Waals surface area contributed by atoms with Crippen molar-refractivity contribution in [2.75, 3.05) is 26.7 Å². The van der Waals surface area contributed by atoms with Crippen LogP contribution in [-0.2, 0) is 14.3 Å². The third-order valence-electron chi connectivity index (χ3n) is 3.49. The van der Waals surface area contributed by atoms with E-state index in [0.717, 1.165) is 19.5 Å². The second kappa shape index (κ2) is 6.73. The molecule has 5 nitrogen and oxygen atoms in total. The molecule has 0 spiro atoms. The quantitative estimate of drug-likeness (QED) is 0.750. The third-order valence-corrected chi connectivity index (χ3v) is 3.49. The van der Waals surface area contributed by atoms with E-state index in [1.807, 2.05) is 0 Å². The van der Waals surface area contributed by atoms with E-state index in [2.05, 4.69) is 24.1 Å². The van der Waals surface area contributed by atoms with Gasteiger partial charge < -0.3 is 10.1 Å². The molecule has 0 aromatic heterocycles. The first kappa shape index (κ1) is 15.0. The lowest BCUT2D eigenvalue weighted by Gasteiger charge is -2.39. The van der Waals surface area contributed by atoms with Gasteiger partial charge in [0, 0.05) is 26.1 Å². The van der Waals surface area contributed by atoms with Gasteiger partial charge in [-0.1, -0.05) is 13.8 Å². The number of hydrogen-bond donors (Lipinski definition) is 1. The first-order valence-corrected chi connectivity index (χ1v) is 6.48. The summed E-state index contributed by atoms with van der Waals surface area (Å²) in [6.45, 7) is 7.80. The second-order valence-electron chi connectivity index (χ2n) is 5.41. The van der Waals surface area contributed by atoms with E-state index in [9.17, 15) is 9.59 Å². The highest BCUT2D eigenvalue weighted by Gasteiger charge is 2.30. The van der Waals surface area contributed by atoms with Crippen molar-refractivity contribution in [3.05, 3.63) is 0 Å². The molecule has 1 fully saturated rings. The normalized spacial score (nSPS) is 24.9. The molecule has 1 amide bonds. The molecule has 2 atom stereocenters. The van der Waals surface area contributed by atoms with E-state index < -0.39 is 0 Å². The minimum atomic E-state index is -0.221. The van der Waals surface area contributed by atoms with Crippen molar-refractivity contribution in [1.82, 2.24) is 10.2 Å². The number of esters is 1. The predicted molar refractivity (Wildman–Crippen MR) is 69.0 cm³/mol. The van der Waals surface area contributed by atoms with Crippen LogP contribution < -0.4 is 5.32 Å². The van der Waals surface area contributed by atoms with Crippen molar-refractivity contribution >= 4 is 11.9 Å². The van der Waals surface area contributed by atoms with Crippen molar-refractivity contribution in [2.24, 2.45) is 11.8 Å². The van der Waals surface area contributed by atoms with Gasteiger partial charge in [-0.05, 0) is 18.3 Å². The minimum absolute atomic E-state index is 0.0116. The molecule has 1 heterocycles. The average molecular weight is 256 g/mol. The van der Waals surface area contributed by atoms with E-state index in [0.29, 0.717) is 18.4 Å². The van der Waals surface area contributed by atoms with Gasteiger partial charge in [0.2, 0.25) is 5.91 Å². The van der Waals surface area contributed by atoms with Crippen molar-refractivity contribution in [2.45, 2.75) is 33.2 Å². The maximum atomic E-state index is 11.3. The molecule has 104 valence electrons. The van der Waals surface area contributed by atoms with Crippen LogP contribution in [0.5, 0.6) is 0 Å². The molecule has 1 aliphatic heterocycles. The Bertz CT molecular complexity index is 305. The maximum Gasteiger partial charge on any atom is 0.319 e. The first-order valence-electron chi connectivity index (χ1n) is 6.48. The largest absolute Gasteiger partial charge is 0.468 e. The summed E-state index contributed by atoms with van der Waals surface area (Å²) in [7, 11) is 1.40. The van der Waals surface area contributed by atoms with Crippen LogP contribution in [0.25, 0.3) is 0 Å². The Morgan fingerprint density at radius 3 is 2.56 bits per heavy atom. The summed E-state index contributed by atoms with van der Waals surface area (Å²) >= 11 is 0. The van der Waals surface area contributed by atoms with Crippen LogP contribution in [-0.4, -0.2) is 49.6 Å². The number of ether oxygens (including phenoxy) is 1. The summed E-state index contributed by atoms with van der Waals surface area (Å²) in [5.74, 6) is 0.811. The van der Waals surface area contributed by atoms with Crippen LogP contribution in [0.1, 0.15) is 27.2 Å². The van der Waals surface area contributed by atoms with Gasteiger partial charge in [0.25, 0.3) is 0 Å². The third kappa shape index (κ3) is 4.64. The number of methoxy groups -OCH3 is 1. The molecule has 5 heteroatoms. The van der Waals surface area contributed by atoms with Crippen molar-refractivity contribution < 1.29 is 14.3 Å². The van der Waals surface area contributed by atoms with Crippen LogP contribution in [0, 0.1) is 11.8 Å². The zero-order valence-corrected chi connectivity index (χ0v) is 11.7. The van der Waals surface area contributed by atoms with Crippen molar-refractivity contribution in [3.8, 4) is 0 Å². The summed E-state index contributed by atoms with van der Waals surface area (Å²) in [6.07, 6.45) is 0.981. The number of hydrogen-bond acceptors (Lipinski definition) is 4. The minimum Gasteiger partial charge on any atom is -0.468 e. The SMILES string of the molecule is COC(=O)CN1CC(NC(C)=O)CC(C(C)C)C1. The van der Waals surface area contributed by atoms with E-state index in [1.54, 1.807) is 0 Å². The van der Waals surface area contributed by atoms with Gasteiger partial charge in [0.1, 0.15) is 0 Å². The van der Waals surface area contributed by atoms with E-state index in [-0.39, 0.29) is 17.9 Å². The van der Waals surface area contributed by atoms with Crippen LogP contribution in [0.2, 0.25) is 0 Å². The van der Waals surface area contributed by atoms with Crippen molar-refractivity contribution in [1.29, 1.82) is 0 Å². The molecule has 0 aromatic rings. The first-order chi connectivity index (χ1) is 8.42. The van der Waals surface area contributed by atoms with Gasteiger partial charge >= 0.3 is 5.97 Å². The Balaban J connectivity index is 2.61. The number of nitrogens with zero attached hydrogens (tertiary/aromatic N) is 1. The standard InChI is InChI=1S/C13H24N2O3/c1-9(2)11-5-12(14-10(3)16)7-15(6-11)8-13(17)18-4/h9,11-12H,5-8H2,1-4H3,(H,14,16). The molecule has 1 N–H and O–H groups in total. The summed E-state index contributed by atoms with van der Waals surface area (Å²) < 4.78 is 4.70. The summed E-state index contributed by atoms with van der Waals surface area (Å²) in [5, 5.41) is 2.96. The highest BCUT2D eigenvalue weighted by molar-refractivity contribution is 5.73. The molecular weight excluding hydrogens is 232 g/mol. The van der Waals surface area contributed by atoms with Crippen LogP contribution in [0.15, 0.2) is 0 Å².